The number of pyridine rings is 1. The maximum absolute atomic E-state index is 12.5. The van der Waals surface area contributed by atoms with Gasteiger partial charge in [-0.05, 0) is 41.9 Å². The summed E-state index contributed by atoms with van der Waals surface area (Å²) in [5.41, 5.74) is 0.349. The zero-order valence-corrected chi connectivity index (χ0v) is 13.7. The lowest BCUT2D eigenvalue weighted by Crippen LogP contribution is -2.21. The average Bonchev–Trinajstić information content (AvgIpc) is 2.47. The Morgan fingerprint density at radius 3 is 2.62 bits per heavy atom. The lowest BCUT2D eigenvalue weighted by Gasteiger charge is -2.15. The Morgan fingerprint density at radius 1 is 1.33 bits per heavy atom. The van der Waals surface area contributed by atoms with Crippen LogP contribution >= 0.6 is 15.9 Å². The molecule has 0 aliphatic heterocycles. The zero-order chi connectivity index (χ0) is 15.6. The molecule has 0 saturated heterocycles. The second-order valence-electron chi connectivity index (χ2n) is 4.36. The van der Waals surface area contributed by atoms with Crippen molar-refractivity contribution in [2.24, 2.45) is 0 Å². The molecule has 1 aromatic carbocycles. The normalized spacial score (nSPS) is 10.7. The lowest BCUT2D eigenvalue weighted by molar-refractivity contribution is 0.0524. The predicted octanol–water partition coefficient (Wildman–Crippen LogP) is 2.97. The maximum atomic E-state index is 12.5. The molecule has 5 nitrogen and oxygen atoms in total. The Bertz CT molecular complexity index is 751. The largest absolute Gasteiger partial charge is 0.493 e. The van der Waals surface area contributed by atoms with Crippen LogP contribution < -0.4 is 10.2 Å². The Balaban J connectivity index is 2.86. The van der Waals surface area contributed by atoms with Gasteiger partial charge in [0.1, 0.15) is 5.56 Å². The summed E-state index contributed by atoms with van der Waals surface area (Å²) in [7, 11) is 1.54. The monoisotopic (exact) mass is 353 g/mol. The van der Waals surface area contributed by atoms with Crippen molar-refractivity contribution in [3.63, 3.8) is 0 Å². The summed E-state index contributed by atoms with van der Waals surface area (Å²) in [5.74, 6) is -0.0321. The summed E-state index contributed by atoms with van der Waals surface area (Å²) in [6.45, 7) is 4.46. The van der Waals surface area contributed by atoms with E-state index in [-0.39, 0.29) is 17.6 Å². The van der Waals surface area contributed by atoms with Crippen LogP contribution in [0.1, 0.15) is 24.2 Å². The number of fused-ring (bicyclic) bond motifs is 1. The Labute approximate surface area is 130 Å². The molecule has 0 amide bonds. The van der Waals surface area contributed by atoms with E-state index < -0.39 is 5.97 Å². The average molecular weight is 354 g/mol. The molecule has 2 aromatic rings. The van der Waals surface area contributed by atoms with E-state index in [4.69, 9.17) is 9.47 Å². The molecule has 0 unspecified atom stereocenters. The highest BCUT2D eigenvalue weighted by atomic mass is 79.9. The highest BCUT2D eigenvalue weighted by Gasteiger charge is 2.19. The van der Waals surface area contributed by atoms with Gasteiger partial charge >= 0.3 is 5.97 Å². The minimum Gasteiger partial charge on any atom is -0.493 e. The van der Waals surface area contributed by atoms with Gasteiger partial charge in [0, 0.05) is 12.7 Å². The SMILES string of the molecule is CCOC(=O)c1cn(CC)c2c(OC)c(Br)ccc2c1=O. The van der Waals surface area contributed by atoms with Gasteiger partial charge in [0.05, 0.1) is 29.1 Å². The molecule has 0 bridgehead atoms. The molecule has 112 valence electrons. The highest BCUT2D eigenvalue weighted by molar-refractivity contribution is 9.10. The number of methoxy groups -OCH3 is 1. The molecule has 0 saturated carbocycles. The first-order valence-electron chi connectivity index (χ1n) is 6.61. The number of hydrogen-bond acceptors (Lipinski definition) is 4. The Morgan fingerprint density at radius 2 is 2.05 bits per heavy atom. The van der Waals surface area contributed by atoms with Crippen LogP contribution in [0.2, 0.25) is 0 Å². The first-order chi connectivity index (χ1) is 10.0. The van der Waals surface area contributed by atoms with Crippen LogP contribution in [0.25, 0.3) is 10.9 Å². The quantitative estimate of drug-likeness (QED) is 0.793. The molecule has 0 aliphatic carbocycles. The number of ether oxygens (including phenoxy) is 2. The Kier molecular flexibility index (Phi) is 4.67. The van der Waals surface area contributed by atoms with E-state index in [1.807, 2.05) is 11.5 Å². The zero-order valence-electron chi connectivity index (χ0n) is 12.1. The van der Waals surface area contributed by atoms with Crippen molar-refractivity contribution < 1.29 is 14.3 Å². The number of aromatic nitrogens is 1. The topological polar surface area (TPSA) is 57.5 Å². The maximum Gasteiger partial charge on any atom is 0.343 e. The molecule has 0 atom stereocenters. The molecule has 6 heteroatoms. The number of hydrogen-bond donors (Lipinski definition) is 0. The van der Waals surface area contributed by atoms with Crippen molar-refractivity contribution in [3.8, 4) is 5.75 Å². The second kappa shape index (κ2) is 6.30. The predicted molar refractivity (Wildman–Crippen MR) is 84.1 cm³/mol. The summed E-state index contributed by atoms with van der Waals surface area (Å²) in [5, 5.41) is 0.433. The minimum absolute atomic E-state index is 0.0376. The lowest BCUT2D eigenvalue weighted by atomic mass is 10.1. The third kappa shape index (κ3) is 2.68. The van der Waals surface area contributed by atoms with Crippen LogP contribution in [-0.2, 0) is 11.3 Å². The number of benzene rings is 1. The number of carbonyl (C=O) groups excluding carboxylic acids is 1. The smallest absolute Gasteiger partial charge is 0.343 e. The summed E-state index contributed by atoms with van der Waals surface area (Å²) in [6.07, 6.45) is 1.53. The van der Waals surface area contributed by atoms with Gasteiger partial charge in [-0.25, -0.2) is 4.79 Å². The van der Waals surface area contributed by atoms with E-state index in [1.165, 1.54) is 6.20 Å². The summed E-state index contributed by atoms with van der Waals surface area (Å²) >= 11 is 3.41. The fraction of sp³-hybridized carbons (Fsp3) is 0.333. The van der Waals surface area contributed by atoms with Gasteiger partial charge in [-0.15, -0.1) is 0 Å². The van der Waals surface area contributed by atoms with E-state index in [0.29, 0.717) is 23.2 Å². The standard InChI is InChI=1S/C15H16BrNO4/c1-4-17-8-10(15(19)21-5-2)13(18)9-6-7-11(16)14(20-3)12(9)17/h6-8H,4-5H2,1-3H3. The number of aryl methyl sites for hydroxylation is 1. The van der Waals surface area contributed by atoms with Crippen molar-refractivity contribution in [1.82, 2.24) is 4.57 Å². The van der Waals surface area contributed by atoms with Gasteiger partial charge in [-0.2, -0.15) is 0 Å². The molecular formula is C15H16BrNO4. The van der Waals surface area contributed by atoms with Crippen LogP contribution in [0.3, 0.4) is 0 Å². The molecule has 0 fully saturated rings. The van der Waals surface area contributed by atoms with Gasteiger partial charge in [-0.3, -0.25) is 4.79 Å². The summed E-state index contributed by atoms with van der Waals surface area (Å²) in [4.78, 5) is 24.4. The molecular weight excluding hydrogens is 338 g/mol. The molecule has 2 rings (SSSR count). The fourth-order valence-corrected chi connectivity index (χ4v) is 2.72. The van der Waals surface area contributed by atoms with Crippen molar-refractivity contribution in [1.29, 1.82) is 0 Å². The van der Waals surface area contributed by atoms with Gasteiger partial charge in [0.25, 0.3) is 0 Å². The van der Waals surface area contributed by atoms with Crippen LogP contribution in [-0.4, -0.2) is 24.3 Å². The molecule has 0 radical (unpaired) electrons. The molecule has 0 aliphatic rings. The number of nitrogens with zero attached hydrogens (tertiary/aromatic N) is 1. The van der Waals surface area contributed by atoms with Gasteiger partial charge < -0.3 is 14.0 Å². The third-order valence-electron chi connectivity index (χ3n) is 3.18. The number of halogens is 1. The molecule has 1 aromatic heterocycles. The minimum atomic E-state index is -0.603. The van der Waals surface area contributed by atoms with Gasteiger partial charge in [0.2, 0.25) is 5.43 Å². The highest BCUT2D eigenvalue weighted by Crippen LogP contribution is 2.32. The first-order valence-corrected chi connectivity index (χ1v) is 7.41. The number of esters is 1. The molecule has 0 N–H and O–H groups in total. The van der Waals surface area contributed by atoms with E-state index in [0.717, 1.165) is 4.47 Å². The van der Waals surface area contributed by atoms with E-state index >= 15 is 0 Å². The molecule has 21 heavy (non-hydrogen) atoms. The van der Waals surface area contributed by atoms with Crippen LogP contribution in [0, 0.1) is 0 Å². The van der Waals surface area contributed by atoms with E-state index in [1.54, 1.807) is 26.2 Å². The third-order valence-corrected chi connectivity index (χ3v) is 3.81. The second-order valence-corrected chi connectivity index (χ2v) is 5.21. The Hall–Kier alpha value is -1.82. The van der Waals surface area contributed by atoms with Crippen LogP contribution in [0.4, 0.5) is 0 Å². The van der Waals surface area contributed by atoms with Crippen molar-refractivity contribution >= 4 is 32.8 Å². The van der Waals surface area contributed by atoms with Crippen molar-refractivity contribution in [2.45, 2.75) is 20.4 Å². The summed E-state index contributed by atoms with van der Waals surface area (Å²) < 4.78 is 12.9. The molecule has 1 heterocycles. The van der Waals surface area contributed by atoms with Gasteiger partial charge in [-0.1, -0.05) is 0 Å². The van der Waals surface area contributed by atoms with Crippen LogP contribution in [0.15, 0.2) is 27.6 Å². The van der Waals surface area contributed by atoms with Gasteiger partial charge in [0.15, 0.2) is 5.75 Å². The van der Waals surface area contributed by atoms with E-state index in [9.17, 15) is 9.59 Å². The first kappa shape index (κ1) is 15.6. The van der Waals surface area contributed by atoms with Crippen LogP contribution in [0.5, 0.6) is 5.75 Å². The van der Waals surface area contributed by atoms with E-state index in [2.05, 4.69) is 15.9 Å². The van der Waals surface area contributed by atoms with Crippen molar-refractivity contribution in [3.05, 3.63) is 38.6 Å². The fourth-order valence-electron chi connectivity index (χ4n) is 2.24. The number of rotatable bonds is 4. The molecule has 0 spiro atoms. The van der Waals surface area contributed by atoms with Crippen molar-refractivity contribution in [2.75, 3.05) is 13.7 Å². The number of carbonyl (C=O) groups is 1. The summed E-state index contributed by atoms with van der Waals surface area (Å²) in [6, 6.07) is 3.41.